The Bertz CT molecular complexity index is 891. The van der Waals surface area contributed by atoms with E-state index in [1.54, 1.807) is 12.3 Å². The van der Waals surface area contributed by atoms with Gasteiger partial charge in [-0.2, -0.15) is 0 Å². The first-order valence-electron chi connectivity index (χ1n) is 8.67. The minimum absolute atomic E-state index is 0.127. The lowest BCUT2D eigenvalue weighted by molar-refractivity contribution is 0.157. The molecule has 3 aliphatic rings. The van der Waals surface area contributed by atoms with Gasteiger partial charge >= 0.3 is 0 Å². The zero-order valence-electron chi connectivity index (χ0n) is 13.4. The van der Waals surface area contributed by atoms with Gasteiger partial charge in [0.05, 0.1) is 10.1 Å². The van der Waals surface area contributed by atoms with Gasteiger partial charge in [-0.1, -0.05) is 18.6 Å². The minimum atomic E-state index is -3.19. The predicted molar refractivity (Wildman–Crippen MR) is 92.6 cm³/mol. The van der Waals surface area contributed by atoms with E-state index in [4.69, 9.17) is 0 Å². The molecule has 0 amide bonds. The van der Waals surface area contributed by atoms with Gasteiger partial charge in [0.25, 0.3) is 0 Å². The van der Waals surface area contributed by atoms with Crippen LogP contribution in [0.15, 0.2) is 47.6 Å². The van der Waals surface area contributed by atoms with Gasteiger partial charge in [0, 0.05) is 37.4 Å². The number of aromatic nitrogens is 1. The highest BCUT2D eigenvalue weighted by Gasteiger charge is 2.51. The Hall–Kier alpha value is -1.72. The van der Waals surface area contributed by atoms with Crippen molar-refractivity contribution < 1.29 is 8.42 Å². The van der Waals surface area contributed by atoms with Crippen molar-refractivity contribution in [3.8, 4) is 11.1 Å². The molecule has 5 heteroatoms. The quantitative estimate of drug-likeness (QED) is 0.843. The SMILES string of the molecule is O=S1(=O)c2ccc(-c3cccnc3)cc2C2CN(C3CCC3)CC21. The number of fused-ring (bicyclic) bond motifs is 3. The molecule has 2 aromatic rings. The van der Waals surface area contributed by atoms with Crippen LogP contribution in [0.1, 0.15) is 30.7 Å². The lowest BCUT2D eigenvalue weighted by Crippen LogP contribution is -2.39. The van der Waals surface area contributed by atoms with Crippen molar-refractivity contribution in [2.75, 3.05) is 13.1 Å². The van der Waals surface area contributed by atoms with Crippen LogP contribution >= 0.6 is 0 Å². The zero-order valence-corrected chi connectivity index (χ0v) is 14.2. The summed E-state index contributed by atoms with van der Waals surface area (Å²) in [5.74, 6) is 0.127. The van der Waals surface area contributed by atoms with Crippen molar-refractivity contribution in [2.24, 2.45) is 0 Å². The maximum atomic E-state index is 12.9. The van der Waals surface area contributed by atoms with Gasteiger partial charge in [-0.05, 0) is 47.7 Å². The van der Waals surface area contributed by atoms with Crippen molar-refractivity contribution in [2.45, 2.75) is 41.4 Å². The van der Waals surface area contributed by atoms with E-state index in [0.717, 1.165) is 23.2 Å². The highest BCUT2D eigenvalue weighted by atomic mass is 32.2. The topological polar surface area (TPSA) is 50.3 Å². The summed E-state index contributed by atoms with van der Waals surface area (Å²) >= 11 is 0. The van der Waals surface area contributed by atoms with Crippen molar-refractivity contribution in [3.05, 3.63) is 48.3 Å². The number of benzene rings is 1. The van der Waals surface area contributed by atoms with Gasteiger partial charge in [0.2, 0.25) is 0 Å². The van der Waals surface area contributed by atoms with E-state index in [2.05, 4.69) is 16.0 Å². The number of likely N-dealkylation sites (tertiary alicyclic amines) is 1. The molecule has 1 saturated carbocycles. The molecule has 124 valence electrons. The summed E-state index contributed by atoms with van der Waals surface area (Å²) in [6, 6.07) is 10.3. The Kier molecular flexibility index (Phi) is 3.13. The highest BCUT2D eigenvalue weighted by molar-refractivity contribution is 7.92. The lowest BCUT2D eigenvalue weighted by atomic mass is 9.91. The van der Waals surface area contributed by atoms with E-state index < -0.39 is 9.84 Å². The van der Waals surface area contributed by atoms with Gasteiger partial charge in [0.1, 0.15) is 0 Å². The molecule has 24 heavy (non-hydrogen) atoms. The third-order valence-corrected chi connectivity index (χ3v) is 8.25. The molecule has 1 aliphatic carbocycles. The second-order valence-corrected chi connectivity index (χ2v) is 9.36. The molecule has 2 atom stereocenters. The van der Waals surface area contributed by atoms with Crippen molar-refractivity contribution in [1.82, 2.24) is 9.88 Å². The van der Waals surface area contributed by atoms with E-state index >= 15 is 0 Å². The molecule has 2 aliphatic heterocycles. The normalized spacial score (nSPS) is 28.3. The Balaban J connectivity index is 1.56. The summed E-state index contributed by atoms with van der Waals surface area (Å²) in [6.07, 6.45) is 7.32. The Labute approximate surface area is 142 Å². The van der Waals surface area contributed by atoms with Crippen LogP contribution in [0.4, 0.5) is 0 Å². The number of rotatable bonds is 2. The first-order chi connectivity index (χ1) is 11.6. The molecule has 0 spiro atoms. The maximum absolute atomic E-state index is 12.9. The van der Waals surface area contributed by atoms with E-state index in [-0.39, 0.29) is 11.2 Å². The third-order valence-electron chi connectivity index (χ3n) is 5.99. The summed E-state index contributed by atoms with van der Waals surface area (Å²) in [5, 5.41) is -0.253. The zero-order chi connectivity index (χ0) is 16.3. The fraction of sp³-hybridized carbons (Fsp3) is 0.421. The van der Waals surface area contributed by atoms with Gasteiger partial charge in [-0.3, -0.25) is 9.88 Å². The fourth-order valence-corrected chi connectivity index (χ4v) is 6.62. The van der Waals surface area contributed by atoms with Crippen molar-refractivity contribution in [3.63, 3.8) is 0 Å². The second-order valence-electron chi connectivity index (χ2n) is 7.22. The van der Waals surface area contributed by atoms with Crippen LogP contribution in [-0.4, -0.2) is 42.7 Å². The van der Waals surface area contributed by atoms with Crippen LogP contribution in [0.3, 0.4) is 0 Å². The lowest BCUT2D eigenvalue weighted by Gasteiger charge is -2.35. The third kappa shape index (κ3) is 2.01. The van der Waals surface area contributed by atoms with Gasteiger partial charge in [0.15, 0.2) is 9.84 Å². The Morgan fingerprint density at radius 1 is 1.08 bits per heavy atom. The van der Waals surface area contributed by atoms with Gasteiger partial charge in [-0.25, -0.2) is 8.42 Å². The summed E-state index contributed by atoms with van der Waals surface area (Å²) in [4.78, 5) is 7.14. The molecule has 5 rings (SSSR count). The number of pyridine rings is 1. The standard InChI is InChI=1S/C19H20N2O2S/c22-24(23)18-7-6-13(14-3-2-8-20-10-14)9-16(18)17-11-21(12-19(17)24)15-4-1-5-15/h2-3,6-10,15,17,19H,1,4-5,11-12H2. The van der Waals surface area contributed by atoms with Crippen LogP contribution in [0.5, 0.6) is 0 Å². The number of hydrogen-bond acceptors (Lipinski definition) is 4. The van der Waals surface area contributed by atoms with Crippen LogP contribution in [0, 0.1) is 0 Å². The molecule has 2 fully saturated rings. The van der Waals surface area contributed by atoms with Crippen LogP contribution in [-0.2, 0) is 9.84 Å². The number of sulfone groups is 1. The Morgan fingerprint density at radius 2 is 1.96 bits per heavy atom. The van der Waals surface area contributed by atoms with Gasteiger partial charge < -0.3 is 0 Å². The van der Waals surface area contributed by atoms with E-state index in [1.807, 2.05) is 24.4 Å². The second kappa shape index (κ2) is 5.14. The molecule has 0 radical (unpaired) electrons. The first-order valence-corrected chi connectivity index (χ1v) is 10.2. The first kappa shape index (κ1) is 14.6. The predicted octanol–water partition coefficient (Wildman–Crippen LogP) is 2.86. The van der Waals surface area contributed by atoms with E-state index in [1.165, 1.54) is 19.3 Å². The van der Waals surface area contributed by atoms with Crippen molar-refractivity contribution in [1.29, 1.82) is 0 Å². The smallest absolute Gasteiger partial charge is 0.183 e. The molecule has 1 saturated heterocycles. The largest absolute Gasteiger partial charge is 0.298 e. The number of hydrogen-bond donors (Lipinski definition) is 0. The molecule has 1 aromatic carbocycles. The monoisotopic (exact) mass is 340 g/mol. The summed E-state index contributed by atoms with van der Waals surface area (Å²) < 4.78 is 25.9. The molecular formula is C19H20N2O2S. The van der Waals surface area contributed by atoms with E-state index in [9.17, 15) is 8.42 Å². The molecule has 3 heterocycles. The fourth-order valence-electron chi connectivity index (χ4n) is 4.44. The Morgan fingerprint density at radius 3 is 2.67 bits per heavy atom. The molecule has 2 unspecified atom stereocenters. The van der Waals surface area contributed by atoms with Crippen molar-refractivity contribution >= 4 is 9.84 Å². The molecule has 4 nitrogen and oxygen atoms in total. The summed E-state index contributed by atoms with van der Waals surface area (Å²) in [5.41, 5.74) is 3.11. The van der Waals surface area contributed by atoms with Crippen LogP contribution in [0.25, 0.3) is 11.1 Å². The van der Waals surface area contributed by atoms with Crippen LogP contribution < -0.4 is 0 Å². The summed E-state index contributed by atoms with van der Waals surface area (Å²) in [6.45, 7) is 1.59. The van der Waals surface area contributed by atoms with E-state index in [0.29, 0.717) is 17.5 Å². The molecule has 1 aromatic heterocycles. The average Bonchev–Trinajstić information content (AvgIpc) is 3.06. The highest BCUT2D eigenvalue weighted by Crippen LogP contribution is 2.47. The molecule has 0 N–H and O–H groups in total. The minimum Gasteiger partial charge on any atom is -0.298 e. The maximum Gasteiger partial charge on any atom is 0.183 e. The summed E-state index contributed by atoms with van der Waals surface area (Å²) in [7, 11) is -3.19. The van der Waals surface area contributed by atoms with Gasteiger partial charge in [-0.15, -0.1) is 0 Å². The number of nitrogens with zero attached hydrogens (tertiary/aromatic N) is 2. The average molecular weight is 340 g/mol. The molecular weight excluding hydrogens is 320 g/mol. The van der Waals surface area contributed by atoms with Crippen LogP contribution in [0.2, 0.25) is 0 Å². The molecule has 0 bridgehead atoms.